The number of carbonyl (C=O) groups is 1. The Labute approximate surface area is 177 Å². The summed E-state index contributed by atoms with van der Waals surface area (Å²) in [6, 6.07) is 4.82. The van der Waals surface area contributed by atoms with Gasteiger partial charge in [0, 0.05) is 36.9 Å². The molecule has 0 bridgehead atoms. The molecule has 156 valence electrons. The van der Waals surface area contributed by atoms with Gasteiger partial charge in [-0.15, -0.1) is 11.3 Å². The van der Waals surface area contributed by atoms with Gasteiger partial charge in [0.2, 0.25) is 5.91 Å². The Morgan fingerprint density at radius 3 is 2.72 bits per heavy atom. The number of aryl methyl sites for hydroxylation is 1. The van der Waals surface area contributed by atoms with E-state index in [9.17, 15) is 4.79 Å². The molecule has 0 radical (unpaired) electrons. The minimum Gasteiger partial charge on any atom is -0.350 e. The average molecular weight is 414 g/mol. The summed E-state index contributed by atoms with van der Waals surface area (Å²) in [5, 5.41) is 6.18. The first-order valence-corrected chi connectivity index (χ1v) is 11.6. The van der Waals surface area contributed by atoms with Gasteiger partial charge in [0.15, 0.2) is 0 Å². The Balaban J connectivity index is 1.23. The topological polar surface area (TPSA) is 61.4 Å². The van der Waals surface area contributed by atoms with Crippen molar-refractivity contribution in [3.05, 3.63) is 46.2 Å². The molecule has 0 saturated carbocycles. The zero-order chi connectivity index (χ0) is 20.1. The van der Waals surface area contributed by atoms with Crippen LogP contribution in [0.3, 0.4) is 0 Å². The van der Waals surface area contributed by atoms with Gasteiger partial charge < -0.3 is 5.32 Å². The van der Waals surface area contributed by atoms with Gasteiger partial charge in [-0.3, -0.25) is 19.6 Å². The molecule has 7 heteroatoms. The number of thiazole rings is 1. The number of hydrogen-bond acceptors (Lipinski definition) is 6. The number of likely N-dealkylation sites (tertiary alicyclic amines) is 2. The Hall–Kier alpha value is -1.83. The van der Waals surface area contributed by atoms with Crippen LogP contribution < -0.4 is 5.32 Å². The molecule has 2 aliphatic heterocycles. The second kappa shape index (κ2) is 9.78. The van der Waals surface area contributed by atoms with Gasteiger partial charge in [-0.05, 0) is 69.9 Å². The second-order valence-electron chi connectivity index (χ2n) is 8.27. The lowest BCUT2D eigenvalue weighted by Gasteiger charge is -2.42. The smallest absolute Gasteiger partial charge is 0.224 e. The summed E-state index contributed by atoms with van der Waals surface area (Å²) in [7, 11) is 0. The zero-order valence-electron chi connectivity index (χ0n) is 17.2. The molecule has 2 aliphatic rings. The third-order valence-corrected chi connectivity index (χ3v) is 6.99. The van der Waals surface area contributed by atoms with Crippen molar-refractivity contribution in [1.29, 1.82) is 0 Å². The third-order valence-electron chi connectivity index (χ3n) is 6.16. The van der Waals surface area contributed by atoms with Gasteiger partial charge in [-0.2, -0.15) is 0 Å². The molecule has 0 aromatic carbocycles. The number of piperidine rings is 2. The number of amides is 1. The fraction of sp³-hybridized carbons (Fsp3) is 0.591. The summed E-state index contributed by atoms with van der Waals surface area (Å²) < 4.78 is 0. The molecule has 1 unspecified atom stereocenters. The quantitative estimate of drug-likeness (QED) is 0.789. The van der Waals surface area contributed by atoms with E-state index < -0.39 is 0 Å². The highest BCUT2D eigenvalue weighted by Gasteiger charge is 2.31. The van der Waals surface area contributed by atoms with Crippen LogP contribution in [0.5, 0.6) is 0 Å². The van der Waals surface area contributed by atoms with Gasteiger partial charge in [0.05, 0.1) is 23.2 Å². The van der Waals surface area contributed by atoms with Crippen LogP contribution in [-0.2, 0) is 17.9 Å². The van der Waals surface area contributed by atoms with E-state index in [-0.39, 0.29) is 11.8 Å². The predicted molar refractivity (Wildman–Crippen MR) is 116 cm³/mol. The molecule has 1 N–H and O–H groups in total. The Morgan fingerprint density at radius 2 is 2.00 bits per heavy atom. The van der Waals surface area contributed by atoms with Crippen molar-refractivity contribution >= 4 is 17.2 Å². The van der Waals surface area contributed by atoms with Crippen LogP contribution in [0.4, 0.5) is 0 Å². The standard InChI is InChI=1S/C22H31N5OS/c1-17-25-20(16-29-17)13-24-22(28)19-3-2-10-27(15-19)21-6-11-26(12-7-21)14-18-4-8-23-9-5-18/h4-5,8-9,16,19,21H,2-3,6-7,10-15H2,1H3,(H,24,28). The summed E-state index contributed by atoms with van der Waals surface area (Å²) in [4.78, 5) is 26.3. The van der Waals surface area contributed by atoms with Crippen molar-refractivity contribution in [2.75, 3.05) is 26.2 Å². The molecule has 4 rings (SSSR count). The fourth-order valence-corrected chi connectivity index (χ4v) is 5.17. The largest absolute Gasteiger partial charge is 0.350 e. The zero-order valence-corrected chi connectivity index (χ0v) is 18.0. The van der Waals surface area contributed by atoms with Crippen LogP contribution in [0.1, 0.15) is 41.9 Å². The third kappa shape index (κ3) is 5.62. The van der Waals surface area contributed by atoms with E-state index >= 15 is 0 Å². The van der Waals surface area contributed by atoms with Crippen molar-refractivity contribution in [3.63, 3.8) is 0 Å². The molecule has 4 heterocycles. The Morgan fingerprint density at radius 1 is 1.21 bits per heavy atom. The Kier molecular flexibility index (Phi) is 6.90. The van der Waals surface area contributed by atoms with Crippen LogP contribution in [-0.4, -0.2) is 57.9 Å². The van der Waals surface area contributed by atoms with Gasteiger partial charge >= 0.3 is 0 Å². The molecule has 1 amide bonds. The molecule has 2 aromatic heterocycles. The van der Waals surface area contributed by atoms with E-state index in [0.717, 1.165) is 56.3 Å². The minimum atomic E-state index is 0.110. The first kappa shape index (κ1) is 20.4. The lowest BCUT2D eigenvalue weighted by Crippen LogP contribution is -2.50. The maximum atomic E-state index is 12.7. The molecular weight excluding hydrogens is 382 g/mol. The van der Waals surface area contributed by atoms with Crippen molar-refractivity contribution in [1.82, 2.24) is 25.1 Å². The van der Waals surface area contributed by atoms with Crippen molar-refractivity contribution in [2.45, 2.75) is 51.7 Å². The van der Waals surface area contributed by atoms with Crippen LogP contribution in [0.25, 0.3) is 0 Å². The maximum absolute atomic E-state index is 12.7. The highest BCUT2D eigenvalue weighted by Crippen LogP contribution is 2.25. The highest BCUT2D eigenvalue weighted by atomic mass is 32.1. The van der Waals surface area contributed by atoms with Crippen molar-refractivity contribution in [2.24, 2.45) is 5.92 Å². The van der Waals surface area contributed by atoms with Crippen LogP contribution >= 0.6 is 11.3 Å². The summed E-state index contributed by atoms with van der Waals surface area (Å²) in [6.07, 6.45) is 8.24. The van der Waals surface area contributed by atoms with E-state index in [2.05, 4.69) is 37.2 Å². The SMILES string of the molecule is Cc1nc(CNC(=O)C2CCCN(C3CCN(Cc4ccncc4)CC3)C2)cs1. The van der Waals surface area contributed by atoms with Gasteiger partial charge in [0.1, 0.15) is 0 Å². The van der Waals surface area contributed by atoms with Crippen LogP contribution in [0.15, 0.2) is 29.9 Å². The van der Waals surface area contributed by atoms with Gasteiger partial charge in [-0.25, -0.2) is 4.98 Å². The molecule has 6 nitrogen and oxygen atoms in total. The van der Waals surface area contributed by atoms with E-state index in [4.69, 9.17) is 0 Å². The molecule has 0 spiro atoms. The monoisotopic (exact) mass is 413 g/mol. The number of nitrogens with zero attached hydrogens (tertiary/aromatic N) is 4. The van der Waals surface area contributed by atoms with Crippen molar-refractivity contribution < 1.29 is 4.79 Å². The fourth-order valence-electron chi connectivity index (χ4n) is 4.55. The molecule has 2 fully saturated rings. The van der Waals surface area contributed by atoms with E-state index in [1.165, 1.54) is 18.4 Å². The normalized spacial score (nSPS) is 21.9. The van der Waals surface area contributed by atoms with E-state index in [0.29, 0.717) is 12.6 Å². The lowest BCUT2D eigenvalue weighted by molar-refractivity contribution is -0.127. The maximum Gasteiger partial charge on any atom is 0.224 e. The van der Waals surface area contributed by atoms with Crippen LogP contribution in [0, 0.1) is 12.8 Å². The summed E-state index contributed by atoms with van der Waals surface area (Å²) >= 11 is 1.63. The molecule has 0 aliphatic carbocycles. The van der Waals surface area contributed by atoms with Gasteiger partial charge in [0.25, 0.3) is 0 Å². The molecule has 1 atom stereocenters. The molecule has 29 heavy (non-hydrogen) atoms. The predicted octanol–water partition coefficient (Wildman–Crippen LogP) is 2.84. The number of hydrogen-bond donors (Lipinski definition) is 1. The van der Waals surface area contributed by atoms with E-state index in [1.807, 2.05) is 24.7 Å². The molecule has 2 aromatic rings. The second-order valence-corrected chi connectivity index (χ2v) is 9.33. The summed E-state index contributed by atoms with van der Waals surface area (Å²) in [5.41, 5.74) is 2.30. The molecular formula is C22H31N5OS. The highest BCUT2D eigenvalue weighted by molar-refractivity contribution is 7.09. The number of aromatic nitrogens is 2. The molecule has 2 saturated heterocycles. The number of carbonyl (C=O) groups excluding carboxylic acids is 1. The summed E-state index contributed by atoms with van der Waals surface area (Å²) in [6.45, 7) is 7.84. The Bertz CT molecular complexity index is 788. The first-order valence-electron chi connectivity index (χ1n) is 10.7. The average Bonchev–Trinajstić information content (AvgIpc) is 3.18. The number of nitrogens with one attached hydrogen (secondary N) is 1. The number of rotatable bonds is 6. The summed E-state index contributed by atoms with van der Waals surface area (Å²) in [5.74, 6) is 0.300. The number of pyridine rings is 1. The van der Waals surface area contributed by atoms with Gasteiger partial charge in [-0.1, -0.05) is 0 Å². The van der Waals surface area contributed by atoms with E-state index in [1.54, 1.807) is 11.3 Å². The first-order chi connectivity index (χ1) is 14.2. The van der Waals surface area contributed by atoms with Crippen LogP contribution in [0.2, 0.25) is 0 Å². The van der Waals surface area contributed by atoms with Crippen molar-refractivity contribution in [3.8, 4) is 0 Å². The minimum absolute atomic E-state index is 0.110. The lowest BCUT2D eigenvalue weighted by atomic mass is 9.93.